The Kier molecular flexibility index (Phi) is 3.87. The van der Waals surface area contributed by atoms with Gasteiger partial charge in [-0.05, 0) is 91.7 Å². The molecule has 0 saturated heterocycles. The van der Waals surface area contributed by atoms with Gasteiger partial charge in [0.05, 0.1) is 0 Å². The summed E-state index contributed by atoms with van der Waals surface area (Å²) < 4.78 is 0. The number of carbonyl (C=O) groups is 1. The van der Waals surface area contributed by atoms with Crippen molar-refractivity contribution in [2.24, 2.45) is 34.0 Å². The number of Topliss-reactive ketones (excluding diaryl/α,β-unsaturated/α-hetero) is 1. The molecule has 2 fully saturated rings. The van der Waals surface area contributed by atoms with Gasteiger partial charge in [0, 0.05) is 24.2 Å². The van der Waals surface area contributed by atoms with E-state index in [0.29, 0.717) is 5.78 Å². The Morgan fingerprint density at radius 1 is 1.00 bits per heavy atom. The Morgan fingerprint density at radius 3 is 2.57 bits per heavy atom. The molecule has 0 aromatic carbocycles. The number of aromatic nitrogens is 1. The topological polar surface area (TPSA) is 30.0 Å². The van der Waals surface area contributed by atoms with Crippen molar-refractivity contribution in [1.82, 2.24) is 4.98 Å². The minimum absolute atomic E-state index is 0.207. The van der Waals surface area contributed by atoms with Crippen LogP contribution in [0, 0.1) is 34.0 Å². The fourth-order valence-corrected chi connectivity index (χ4v) is 7.76. The maximum atomic E-state index is 12.7. The first-order valence-electron chi connectivity index (χ1n) is 11.1. The molecule has 5 atom stereocenters. The smallest absolute Gasteiger partial charge is 0.142 e. The van der Waals surface area contributed by atoms with Crippen LogP contribution in [0.25, 0.3) is 5.57 Å². The SMILES string of the molecule is CC1(C)C(=O)CC[C@@]2(C)C1=CCC1C2CC[C@]2(C)C(c3cccnc3)=CCC12. The number of rotatable bonds is 1. The van der Waals surface area contributed by atoms with E-state index in [0.717, 1.165) is 37.0 Å². The Labute approximate surface area is 169 Å². The molecule has 0 radical (unpaired) electrons. The number of nitrogens with zero attached hydrogens (tertiary/aromatic N) is 1. The predicted octanol–water partition coefficient (Wildman–Crippen LogP) is 6.24. The van der Waals surface area contributed by atoms with E-state index < -0.39 is 0 Å². The maximum absolute atomic E-state index is 12.7. The fourth-order valence-electron chi connectivity index (χ4n) is 7.76. The molecule has 0 aliphatic heterocycles. The van der Waals surface area contributed by atoms with Gasteiger partial charge in [0.1, 0.15) is 5.78 Å². The third-order valence-electron chi connectivity index (χ3n) is 9.26. The van der Waals surface area contributed by atoms with E-state index in [4.69, 9.17) is 0 Å². The largest absolute Gasteiger partial charge is 0.299 e. The van der Waals surface area contributed by atoms with Gasteiger partial charge in [0.25, 0.3) is 0 Å². The van der Waals surface area contributed by atoms with Gasteiger partial charge in [-0.15, -0.1) is 0 Å². The zero-order valence-electron chi connectivity index (χ0n) is 17.8. The highest BCUT2D eigenvalue weighted by Gasteiger charge is 2.59. The van der Waals surface area contributed by atoms with Crippen molar-refractivity contribution in [2.45, 2.75) is 66.2 Å². The molecule has 0 amide bonds. The van der Waals surface area contributed by atoms with Crippen molar-refractivity contribution in [2.75, 3.05) is 0 Å². The lowest BCUT2D eigenvalue weighted by atomic mass is 9.44. The summed E-state index contributed by atoms with van der Waals surface area (Å²) >= 11 is 0. The normalized spacial score (nSPS) is 41.4. The second-order valence-corrected chi connectivity index (χ2v) is 10.7. The van der Waals surface area contributed by atoms with Crippen LogP contribution in [0.5, 0.6) is 0 Å². The van der Waals surface area contributed by atoms with E-state index in [1.165, 1.54) is 36.0 Å². The summed E-state index contributed by atoms with van der Waals surface area (Å²) in [5.74, 6) is 2.62. The average Bonchev–Trinajstić information content (AvgIpc) is 3.03. The minimum atomic E-state index is -0.270. The molecule has 4 aliphatic carbocycles. The molecule has 4 aliphatic rings. The molecule has 5 rings (SSSR count). The second-order valence-electron chi connectivity index (χ2n) is 10.7. The standard InChI is InChI=1S/C26H33NO/c1-24(2)22-10-7-18-20-9-8-19(17-6-5-15-27-16-17)25(20,3)13-11-21(18)26(22,4)14-12-23(24)28/h5-6,8,10,15-16,18,20-21H,7,9,11-14H2,1-4H3/t18?,20?,21?,25-,26-/m1/s1. The zero-order valence-corrected chi connectivity index (χ0v) is 17.8. The summed E-state index contributed by atoms with van der Waals surface area (Å²) in [7, 11) is 0. The van der Waals surface area contributed by atoms with Gasteiger partial charge >= 0.3 is 0 Å². The highest BCUT2D eigenvalue weighted by Crippen LogP contribution is 2.67. The molecule has 2 saturated carbocycles. The number of allylic oxidation sites excluding steroid dienone is 4. The van der Waals surface area contributed by atoms with E-state index in [2.05, 4.69) is 57.0 Å². The van der Waals surface area contributed by atoms with Crippen molar-refractivity contribution in [3.8, 4) is 0 Å². The lowest BCUT2D eigenvalue weighted by molar-refractivity contribution is -0.131. The van der Waals surface area contributed by atoms with Gasteiger partial charge < -0.3 is 0 Å². The molecule has 2 nitrogen and oxygen atoms in total. The highest BCUT2D eigenvalue weighted by molar-refractivity contribution is 5.89. The number of hydrogen-bond donors (Lipinski definition) is 0. The molecule has 1 aromatic heterocycles. The van der Waals surface area contributed by atoms with Gasteiger partial charge in [-0.1, -0.05) is 37.6 Å². The van der Waals surface area contributed by atoms with E-state index in [1.54, 1.807) is 0 Å². The molecular weight excluding hydrogens is 342 g/mol. The summed E-state index contributed by atoms with van der Waals surface area (Å²) in [6, 6.07) is 4.30. The molecule has 1 heterocycles. The summed E-state index contributed by atoms with van der Waals surface area (Å²) in [6.07, 6.45) is 15.6. The molecule has 28 heavy (non-hydrogen) atoms. The van der Waals surface area contributed by atoms with E-state index in [1.807, 2.05) is 12.4 Å². The van der Waals surface area contributed by atoms with Crippen molar-refractivity contribution < 1.29 is 4.79 Å². The highest BCUT2D eigenvalue weighted by atomic mass is 16.1. The van der Waals surface area contributed by atoms with Crippen LogP contribution in [0.4, 0.5) is 0 Å². The van der Waals surface area contributed by atoms with Crippen LogP contribution in [-0.4, -0.2) is 10.8 Å². The first kappa shape index (κ1) is 18.3. The monoisotopic (exact) mass is 375 g/mol. The first-order valence-corrected chi connectivity index (χ1v) is 11.1. The number of hydrogen-bond acceptors (Lipinski definition) is 2. The second kappa shape index (κ2) is 5.90. The lowest BCUT2D eigenvalue weighted by Crippen LogP contribution is -2.53. The molecule has 3 unspecified atom stereocenters. The Morgan fingerprint density at radius 2 is 1.82 bits per heavy atom. The number of carbonyl (C=O) groups excluding carboxylic acids is 1. The van der Waals surface area contributed by atoms with Crippen molar-refractivity contribution in [3.05, 3.63) is 47.8 Å². The van der Waals surface area contributed by atoms with E-state index in [9.17, 15) is 4.79 Å². The summed E-state index contributed by atoms with van der Waals surface area (Å²) in [5, 5.41) is 0. The van der Waals surface area contributed by atoms with Crippen LogP contribution >= 0.6 is 0 Å². The van der Waals surface area contributed by atoms with Gasteiger partial charge in [0.2, 0.25) is 0 Å². The molecule has 0 bridgehead atoms. The van der Waals surface area contributed by atoms with Crippen LogP contribution in [0.3, 0.4) is 0 Å². The van der Waals surface area contributed by atoms with Crippen LogP contribution in [0.15, 0.2) is 42.3 Å². The first-order chi connectivity index (χ1) is 13.3. The molecule has 0 N–H and O–H groups in total. The summed E-state index contributed by atoms with van der Waals surface area (Å²) in [4.78, 5) is 17.0. The van der Waals surface area contributed by atoms with Crippen molar-refractivity contribution in [3.63, 3.8) is 0 Å². The van der Waals surface area contributed by atoms with E-state index in [-0.39, 0.29) is 16.2 Å². The van der Waals surface area contributed by atoms with Crippen LogP contribution in [0.1, 0.15) is 71.8 Å². The van der Waals surface area contributed by atoms with Gasteiger partial charge in [-0.2, -0.15) is 0 Å². The Hall–Kier alpha value is -1.70. The minimum Gasteiger partial charge on any atom is -0.299 e. The van der Waals surface area contributed by atoms with Crippen molar-refractivity contribution >= 4 is 11.4 Å². The average molecular weight is 376 g/mol. The van der Waals surface area contributed by atoms with E-state index >= 15 is 0 Å². The third-order valence-corrected chi connectivity index (χ3v) is 9.26. The molecular formula is C26H33NO. The Bertz CT molecular complexity index is 879. The maximum Gasteiger partial charge on any atom is 0.142 e. The van der Waals surface area contributed by atoms with Gasteiger partial charge in [-0.25, -0.2) is 0 Å². The molecule has 148 valence electrons. The third kappa shape index (κ3) is 2.27. The Balaban J connectivity index is 1.51. The quantitative estimate of drug-likeness (QED) is 0.544. The summed E-state index contributed by atoms with van der Waals surface area (Å²) in [5.41, 5.74) is 4.51. The van der Waals surface area contributed by atoms with Gasteiger partial charge in [0.15, 0.2) is 0 Å². The number of pyridine rings is 1. The summed E-state index contributed by atoms with van der Waals surface area (Å²) in [6.45, 7) is 9.33. The van der Waals surface area contributed by atoms with Crippen LogP contribution < -0.4 is 0 Å². The van der Waals surface area contributed by atoms with Crippen LogP contribution in [0.2, 0.25) is 0 Å². The lowest BCUT2D eigenvalue weighted by Gasteiger charge is -2.59. The van der Waals surface area contributed by atoms with Crippen molar-refractivity contribution in [1.29, 1.82) is 0 Å². The molecule has 1 aromatic rings. The van der Waals surface area contributed by atoms with Crippen LogP contribution in [-0.2, 0) is 4.79 Å². The molecule has 0 spiro atoms. The predicted molar refractivity (Wildman–Crippen MR) is 113 cm³/mol. The molecule has 2 heteroatoms. The van der Waals surface area contributed by atoms with Gasteiger partial charge in [-0.3, -0.25) is 9.78 Å². The number of ketones is 1. The zero-order chi connectivity index (χ0) is 19.7. The fraction of sp³-hybridized carbons (Fsp3) is 0.615. The number of fused-ring (bicyclic) bond motifs is 5.